The number of carbonyl (C=O) groups is 1. The minimum atomic E-state index is 0.675. The van der Waals surface area contributed by atoms with Gasteiger partial charge in [0.1, 0.15) is 0 Å². The summed E-state index contributed by atoms with van der Waals surface area (Å²) in [6.45, 7) is 0.803. The molecular formula is C16H14N2OS2. The Balaban J connectivity index is 1.90. The summed E-state index contributed by atoms with van der Waals surface area (Å²) in [6.07, 6.45) is 0.891. The van der Waals surface area contributed by atoms with Gasteiger partial charge < -0.3 is 4.90 Å². The van der Waals surface area contributed by atoms with Crippen molar-refractivity contribution in [2.24, 2.45) is 0 Å². The molecule has 5 heteroatoms. The van der Waals surface area contributed by atoms with Crippen LogP contribution in [0.4, 0.5) is 5.13 Å². The first-order chi connectivity index (χ1) is 10.3. The van der Waals surface area contributed by atoms with Gasteiger partial charge >= 0.3 is 0 Å². The molecule has 0 aliphatic heterocycles. The summed E-state index contributed by atoms with van der Waals surface area (Å²) in [5.74, 6) is 0. The zero-order valence-corrected chi connectivity index (χ0v) is 13.2. The molecule has 1 aromatic carbocycles. The molecule has 0 aliphatic carbocycles. The Morgan fingerprint density at radius 2 is 2.00 bits per heavy atom. The van der Waals surface area contributed by atoms with E-state index in [0.29, 0.717) is 4.88 Å². The molecule has 0 radical (unpaired) electrons. The van der Waals surface area contributed by atoms with Gasteiger partial charge in [0.05, 0.1) is 17.1 Å². The van der Waals surface area contributed by atoms with Gasteiger partial charge in [-0.2, -0.15) is 0 Å². The average molecular weight is 314 g/mol. The molecule has 0 amide bonds. The molecule has 3 nitrogen and oxygen atoms in total. The van der Waals surface area contributed by atoms with Crippen LogP contribution in [0.3, 0.4) is 0 Å². The zero-order valence-electron chi connectivity index (χ0n) is 11.5. The van der Waals surface area contributed by atoms with Gasteiger partial charge in [0.15, 0.2) is 11.4 Å². The van der Waals surface area contributed by atoms with E-state index in [0.717, 1.165) is 29.2 Å². The molecule has 2 aromatic heterocycles. The molecule has 3 rings (SSSR count). The second-order valence-electron chi connectivity index (χ2n) is 4.63. The lowest BCUT2D eigenvalue weighted by Crippen LogP contribution is -2.15. The third-order valence-corrected chi connectivity index (χ3v) is 5.05. The van der Waals surface area contributed by atoms with Crippen LogP contribution in [0.5, 0.6) is 0 Å². The van der Waals surface area contributed by atoms with E-state index in [1.165, 1.54) is 16.2 Å². The summed E-state index contributed by atoms with van der Waals surface area (Å²) in [5, 5.41) is 2.93. The Labute approximate surface area is 131 Å². The third-order valence-electron chi connectivity index (χ3n) is 3.10. The minimum Gasteiger partial charge on any atom is -0.346 e. The van der Waals surface area contributed by atoms with Crippen molar-refractivity contribution in [3.05, 3.63) is 57.6 Å². The van der Waals surface area contributed by atoms with Crippen LogP contribution in [-0.2, 0) is 6.54 Å². The highest BCUT2D eigenvalue weighted by atomic mass is 32.1. The van der Waals surface area contributed by atoms with Gasteiger partial charge in [0.25, 0.3) is 0 Å². The number of rotatable bonds is 5. The van der Waals surface area contributed by atoms with Crippen LogP contribution in [0, 0.1) is 0 Å². The number of aldehydes is 1. The summed E-state index contributed by atoms with van der Waals surface area (Å²) in [4.78, 5) is 20.0. The average Bonchev–Trinajstić information content (AvgIpc) is 3.17. The van der Waals surface area contributed by atoms with Gasteiger partial charge in [-0.25, -0.2) is 4.98 Å². The predicted octanol–water partition coefficient (Wildman–Crippen LogP) is 4.32. The molecule has 2 heterocycles. The first-order valence-corrected chi connectivity index (χ1v) is 8.22. The van der Waals surface area contributed by atoms with Crippen molar-refractivity contribution in [2.45, 2.75) is 6.54 Å². The van der Waals surface area contributed by atoms with Crippen molar-refractivity contribution in [3.8, 4) is 11.3 Å². The van der Waals surface area contributed by atoms with E-state index in [9.17, 15) is 4.79 Å². The highest BCUT2D eigenvalue weighted by Gasteiger charge is 2.15. The Hall–Kier alpha value is -1.98. The van der Waals surface area contributed by atoms with Crippen LogP contribution < -0.4 is 4.90 Å². The Morgan fingerprint density at radius 3 is 2.67 bits per heavy atom. The van der Waals surface area contributed by atoms with E-state index >= 15 is 0 Å². The number of benzene rings is 1. The molecule has 0 fully saturated rings. The van der Waals surface area contributed by atoms with Crippen molar-refractivity contribution >= 4 is 34.1 Å². The van der Waals surface area contributed by atoms with Crippen molar-refractivity contribution in [1.29, 1.82) is 0 Å². The molecule has 0 aliphatic rings. The fourth-order valence-corrected chi connectivity index (χ4v) is 3.69. The van der Waals surface area contributed by atoms with Gasteiger partial charge in [-0.1, -0.05) is 47.7 Å². The number of anilines is 1. The summed E-state index contributed by atoms with van der Waals surface area (Å²) in [5.41, 5.74) is 1.75. The lowest BCUT2D eigenvalue weighted by Gasteiger charge is -2.14. The van der Waals surface area contributed by atoms with Gasteiger partial charge in [0.2, 0.25) is 0 Å². The van der Waals surface area contributed by atoms with E-state index < -0.39 is 0 Å². The topological polar surface area (TPSA) is 33.2 Å². The lowest BCUT2D eigenvalue weighted by molar-refractivity contribution is 0.112. The fourth-order valence-electron chi connectivity index (χ4n) is 2.07. The molecule has 0 spiro atoms. The largest absolute Gasteiger partial charge is 0.346 e. The van der Waals surface area contributed by atoms with E-state index in [4.69, 9.17) is 0 Å². The van der Waals surface area contributed by atoms with Crippen LogP contribution in [0.1, 0.15) is 14.5 Å². The lowest BCUT2D eigenvalue weighted by atomic mass is 10.1. The molecule has 21 heavy (non-hydrogen) atoms. The van der Waals surface area contributed by atoms with Crippen LogP contribution in [-0.4, -0.2) is 18.3 Å². The van der Waals surface area contributed by atoms with Crippen molar-refractivity contribution in [2.75, 3.05) is 11.9 Å². The second-order valence-corrected chi connectivity index (χ2v) is 6.67. The molecule has 0 atom stereocenters. The molecular weight excluding hydrogens is 300 g/mol. The highest BCUT2D eigenvalue weighted by Crippen LogP contribution is 2.32. The SMILES string of the molecule is CN(Cc1cccs1)c1nc(-c2ccccc2)c(C=O)s1. The Kier molecular flexibility index (Phi) is 4.13. The zero-order chi connectivity index (χ0) is 14.7. The maximum atomic E-state index is 11.3. The van der Waals surface area contributed by atoms with E-state index in [2.05, 4.69) is 21.3 Å². The quantitative estimate of drug-likeness (QED) is 0.658. The molecule has 0 N–H and O–H groups in total. The molecule has 0 saturated heterocycles. The number of carbonyl (C=O) groups excluding carboxylic acids is 1. The van der Waals surface area contributed by atoms with Crippen LogP contribution in [0.2, 0.25) is 0 Å². The van der Waals surface area contributed by atoms with E-state index in [1.54, 1.807) is 11.3 Å². The first kappa shape index (κ1) is 14.0. The van der Waals surface area contributed by atoms with Crippen LogP contribution >= 0.6 is 22.7 Å². The van der Waals surface area contributed by atoms with Crippen molar-refractivity contribution in [1.82, 2.24) is 4.98 Å². The number of hydrogen-bond acceptors (Lipinski definition) is 5. The summed E-state index contributed by atoms with van der Waals surface area (Å²) >= 11 is 3.16. The molecule has 0 unspecified atom stereocenters. The highest BCUT2D eigenvalue weighted by molar-refractivity contribution is 7.17. The van der Waals surface area contributed by atoms with Crippen molar-refractivity contribution in [3.63, 3.8) is 0 Å². The minimum absolute atomic E-state index is 0.675. The van der Waals surface area contributed by atoms with Gasteiger partial charge in [-0.3, -0.25) is 4.79 Å². The molecule has 0 bridgehead atoms. The molecule has 0 saturated carbocycles. The van der Waals surface area contributed by atoms with E-state index in [1.807, 2.05) is 43.4 Å². The molecule has 106 valence electrons. The number of thiazole rings is 1. The van der Waals surface area contributed by atoms with Crippen LogP contribution in [0.25, 0.3) is 11.3 Å². The fraction of sp³-hybridized carbons (Fsp3) is 0.125. The first-order valence-electron chi connectivity index (χ1n) is 6.53. The Bertz CT molecular complexity index is 720. The maximum absolute atomic E-state index is 11.3. The van der Waals surface area contributed by atoms with Gasteiger partial charge in [-0.05, 0) is 11.4 Å². The Morgan fingerprint density at radius 1 is 1.19 bits per heavy atom. The number of aromatic nitrogens is 1. The smallest absolute Gasteiger partial charge is 0.186 e. The monoisotopic (exact) mass is 314 g/mol. The van der Waals surface area contributed by atoms with Crippen LogP contribution in [0.15, 0.2) is 47.8 Å². The van der Waals surface area contributed by atoms with Crippen molar-refractivity contribution < 1.29 is 4.79 Å². The summed E-state index contributed by atoms with van der Waals surface area (Å²) in [7, 11) is 2.00. The predicted molar refractivity (Wildman–Crippen MR) is 89.4 cm³/mol. The summed E-state index contributed by atoms with van der Waals surface area (Å²) in [6, 6.07) is 14.0. The van der Waals surface area contributed by atoms with Gasteiger partial charge in [0, 0.05) is 17.5 Å². The number of thiophene rings is 1. The molecule has 3 aromatic rings. The second kappa shape index (κ2) is 6.20. The van der Waals surface area contributed by atoms with Gasteiger partial charge in [-0.15, -0.1) is 11.3 Å². The number of hydrogen-bond donors (Lipinski definition) is 0. The third kappa shape index (κ3) is 3.04. The normalized spacial score (nSPS) is 10.5. The maximum Gasteiger partial charge on any atom is 0.186 e. The van der Waals surface area contributed by atoms with E-state index in [-0.39, 0.29) is 0 Å². The summed E-state index contributed by atoms with van der Waals surface area (Å²) < 4.78 is 0. The standard InChI is InChI=1S/C16H14N2OS2/c1-18(10-13-8-5-9-20-13)16-17-15(14(11-19)21-16)12-6-3-2-4-7-12/h2-9,11H,10H2,1H3. The number of nitrogens with zero attached hydrogens (tertiary/aromatic N) is 2.